The number of hydrogen-bond acceptors (Lipinski definition) is 2. The zero-order valence-electron chi connectivity index (χ0n) is 6.07. The number of halogens is 3. The monoisotopic (exact) mass is 223 g/mol. The first-order valence-corrected chi connectivity index (χ1v) is 4.18. The molecule has 1 aromatic rings. The lowest BCUT2D eigenvalue weighted by molar-refractivity contribution is 0.101. The van der Waals surface area contributed by atoms with Crippen LogP contribution < -0.4 is 0 Å². The molecule has 0 saturated heterocycles. The Morgan fingerprint density at radius 1 is 1.33 bits per heavy atom. The molecule has 1 heterocycles. The molecule has 0 aliphatic heterocycles. The Morgan fingerprint density at radius 2 is 1.92 bits per heavy atom. The maximum atomic E-state index is 10.9. The predicted octanol–water partition coefficient (Wildman–Crippen LogP) is 3.24. The molecule has 0 N–H and O–H groups in total. The molecule has 0 atom stereocenters. The molecular formula is C7H4Cl3NO. The van der Waals surface area contributed by atoms with E-state index in [1.165, 1.54) is 13.0 Å². The molecule has 64 valence electrons. The van der Waals surface area contributed by atoms with Crippen molar-refractivity contribution >= 4 is 40.6 Å². The Morgan fingerprint density at radius 3 is 2.42 bits per heavy atom. The Hall–Kier alpha value is -0.310. The molecule has 1 rings (SSSR count). The van der Waals surface area contributed by atoms with Crippen molar-refractivity contribution in [3.05, 3.63) is 27.0 Å². The highest BCUT2D eigenvalue weighted by Crippen LogP contribution is 2.25. The molecule has 12 heavy (non-hydrogen) atoms. The summed E-state index contributed by atoms with van der Waals surface area (Å²) in [5.74, 6) is -0.237. The molecular weight excluding hydrogens is 220 g/mol. The van der Waals surface area contributed by atoms with Crippen LogP contribution in [-0.4, -0.2) is 10.8 Å². The van der Waals surface area contributed by atoms with Gasteiger partial charge < -0.3 is 0 Å². The number of pyridine rings is 1. The number of rotatable bonds is 1. The third-order valence-electron chi connectivity index (χ3n) is 1.22. The zero-order chi connectivity index (χ0) is 9.30. The van der Waals surface area contributed by atoms with Crippen LogP contribution in [0.25, 0.3) is 0 Å². The molecule has 0 amide bonds. The topological polar surface area (TPSA) is 30.0 Å². The van der Waals surface area contributed by atoms with Crippen LogP contribution in [0.3, 0.4) is 0 Å². The lowest BCUT2D eigenvalue weighted by Gasteiger charge is -2.00. The number of ketones is 1. The van der Waals surface area contributed by atoms with E-state index in [1.807, 2.05) is 0 Å². The first-order valence-electron chi connectivity index (χ1n) is 3.05. The second-order valence-corrected chi connectivity index (χ2v) is 3.32. The zero-order valence-corrected chi connectivity index (χ0v) is 8.33. The maximum absolute atomic E-state index is 10.9. The summed E-state index contributed by atoms with van der Waals surface area (Å²) in [6.45, 7) is 1.36. The summed E-state index contributed by atoms with van der Waals surface area (Å²) in [5.41, 5.74) is 0.145. The minimum absolute atomic E-state index is 0.0891. The van der Waals surface area contributed by atoms with Crippen LogP contribution in [-0.2, 0) is 0 Å². The van der Waals surface area contributed by atoms with Crippen LogP contribution >= 0.6 is 34.8 Å². The van der Waals surface area contributed by atoms with Crippen molar-refractivity contribution in [1.29, 1.82) is 0 Å². The number of carbonyl (C=O) groups is 1. The van der Waals surface area contributed by atoms with Crippen LogP contribution in [0.2, 0.25) is 15.2 Å². The third-order valence-corrected chi connectivity index (χ3v) is 2.18. The van der Waals surface area contributed by atoms with Crippen molar-refractivity contribution in [3.63, 3.8) is 0 Å². The van der Waals surface area contributed by atoms with Gasteiger partial charge in [0.15, 0.2) is 5.78 Å². The van der Waals surface area contributed by atoms with E-state index >= 15 is 0 Å². The van der Waals surface area contributed by atoms with Crippen molar-refractivity contribution in [1.82, 2.24) is 4.98 Å². The number of nitrogens with zero attached hydrogens (tertiary/aromatic N) is 1. The Bertz CT molecular complexity index is 338. The van der Waals surface area contributed by atoms with Gasteiger partial charge in [-0.25, -0.2) is 4.98 Å². The van der Waals surface area contributed by atoms with E-state index in [4.69, 9.17) is 34.8 Å². The van der Waals surface area contributed by atoms with E-state index in [1.54, 1.807) is 0 Å². The molecule has 0 unspecified atom stereocenters. The fraction of sp³-hybridized carbons (Fsp3) is 0.143. The highest BCUT2D eigenvalue weighted by atomic mass is 35.5. The Balaban J connectivity index is 3.33. The molecule has 0 bridgehead atoms. The molecule has 1 aromatic heterocycles. The quantitative estimate of drug-likeness (QED) is 0.541. The predicted molar refractivity (Wildman–Crippen MR) is 49.3 cm³/mol. The number of Topliss-reactive ketones (excluding diaryl/α,β-unsaturated/α-hetero) is 1. The van der Waals surface area contributed by atoms with E-state index in [-0.39, 0.29) is 26.7 Å². The van der Waals surface area contributed by atoms with Gasteiger partial charge in [-0.05, 0) is 6.07 Å². The number of carbonyl (C=O) groups excluding carboxylic acids is 1. The van der Waals surface area contributed by atoms with Gasteiger partial charge in [0.25, 0.3) is 0 Å². The van der Waals surface area contributed by atoms with Gasteiger partial charge in [-0.3, -0.25) is 4.79 Å². The minimum Gasteiger partial charge on any atom is -0.293 e. The van der Waals surface area contributed by atoms with Gasteiger partial charge in [0.1, 0.15) is 10.8 Å². The van der Waals surface area contributed by atoms with Crippen molar-refractivity contribution in [2.24, 2.45) is 0 Å². The normalized spacial score (nSPS) is 10.0. The standard InChI is InChI=1S/C7H4Cl3NO/c1-3(12)6-4(8)2-5(9)7(10)11-6/h2H,1H3. The van der Waals surface area contributed by atoms with Gasteiger partial charge in [-0.15, -0.1) is 0 Å². The highest BCUT2D eigenvalue weighted by molar-refractivity contribution is 6.43. The van der Waals surface area contributed by atoms with E-state index in [0.29, 0.717) is 0 Å². The maximum Gasteiger partial charge on any atom is 0.179 e. The highest BCUT2D eigenvalue weighted by Gasteiger charge is 2.10. The molecule has 5 heteroatoms. The van der Waals surface area contributed by atoms with E-state index in [0.717, 1.165) is 0 Å². The average Bonchev–Trinajstić information content (AvgIpc) is 1.96. The molecule has 0 radical (unpaired) electrons. The number of hydrogen-bond donors (Lipinski definition) is 0. The summed E-state index contributed by atoms with van der Waals surface area (Å²) < 4.78 is 0. The molecule has 0 aliphatic rings. The lowest BCUT2D eigenvalue weighted by atomic mass is 10.3. The molecule has 0 aliphatic carbocycles. The van der Waals surface area contributed by atoms with Gasteiger partial charge >= 0.3 is 0 Å². The van der Waals surface area contributed by atoms with Crippen LogP contribution in [0.4, 0.5) is 0 Å². The van der Waals surface area contributed by atoms with Gasteiger partial charge in [0.05, 0.1) is 10.0 Å². The summed E-state index contributed by atoms with van der Waals surface area (Å²) in [5, 5.41) is 0.551. The Kier molecular flexibility index (Phi) is 2.94. The van der Waals surface area contributed by atoms with Crippen LogP contribution in [0.1, 0.15) is 17.4 Å². The Labute approximate surface area is 84.5 Å². The fourth-order valence-corrected chi connectivity index (χ4v) is 1.32. The average molecular weight is 224 g/mol. The van der Waals surface area contributed by atoms with Gasteiger partial charge in [0.2, 0.25) is 0 Å². The summed E-state index contributed by atoms with van der Waals surface area (Å²) in [6.07, 6.45) is 0. The lowest BCUT2D eigenvalue weighted by Crippen LogP contribution is -1.98. The van der Waals surface area contributed by atoms with Gasteiger partial charge in [-0.2, -0.15) is 0 Å². The molecule has 0 fully saturated rings. The van der Waals surface area contributed by atoms with Gasteiger partial charge in [-0.1, -0.05) is 34.8 Å². The first kappa shape index (κ1) is 9.78. The summed E-state index contributed by atoms with van der Waals surface area (Å²) in [7, 11) is 0. The van der Waals surface area contributed by atoms with E-state index in [2.05, 4.69) is 4.98 Å². The smallest absolute Gasteiger partial charge is 0.179 e. The second kappa shape index (κ2) is 3.60. The molecule has 0 saturated carbocycles. The summed E-state index contributed by atoms with van der Waals surface area (Å²) in [6, 6.07) is 1.40. The molecule has 0 spiro atoms. The SMILES string of the molecule is CC(=O)c1nc(Cl)c(Cl)cc1Cl. The number of aromatic nitrogens is 1. The second-order valence-electron chi connectivity index (χ2n) is 2.15. The van der Waals surface area contributed by atoms with E-state index in [9.17, 15) is 4.79 Å². The van der Waals surface area contributed by atoms with Crippen molar-refractivity contribution in [2.45, 2.75) is 6.92 Å². The fourth-order valence-electron chi connectivity index (χ4n) is 0.691. The minimum atomic E-state index is -0.237. The molecule has 0 aromatic carbocycles. The van der Waals surface area contributed by atoms with Crippen molar-refractivity contribution in [3.8, 4) is 0 Å². The van der Waals surface area contributed by atoms with Crippen LogP contribution in [0.15, 0.2) is 6.07 Å². The van der Waals surface area contributed by atoms with Crippen LogP contribution in [0, 0.1) is 0 Å². The summed E-state index contributed by atoms with van der Waals surface area (Å²) >= 11 is 16.8. The summed E-state index contributed by atoms with van der Waals surface area (Å²) in [4.78, 5) is 14.6. The largest absolute Gasteiger partial charge is 0.293 e. The first-order chi connectivity index (χ1) is 5.52. The van der Waals surface area contributed by atoms with Gasteiger partial charge in [0, 0.05) is 6.92 Å². The van der Waals surface area contributed by atoms with E-state index < -0.39 is 0 Å². The van der Waals surface area contributed by atoms with Crippen LogP contribution in [0.5, 0.6) is 0 Å². The third kappa shape index (κ3) is 1.89. The molecule has 2 nitrogen and oxygen atoms in total. The van der Waals surface area contributed by atoms with Crippen molar-refractivity contribution < 1.29 is 4.79 Å². The van der Waals surface area contributed by atoms with Crippen molar-refractivity contribution in [2.75, 3.05) is 0 Å².